The Morgan fingerprint density at radius 2 is 2.00 bits per heavy atom. The van der Waals surface area contributed by atoms with Crippen LogP contribution in [0.15, 0.2) is 24.3 Å². The summed E-state index contributed by atoms with van der Waals surface area (Å²) in [4.78, 5) is 0. The second-order valence-electron chi connectivity index (χ2n) is 2.24. The standard InChI is InChI=1S/C7H8INO2S/c8-9-7-4-2-1-3-6(7)5-12(10)11/h1-4,9,12H,5H2. The van der Waals surface area contributed by atoms with Crippen molar-refractivity contribution in [3.63, 3.8) is 0 Å². The Labute approximate surface area is 86.6 Å². The average molecular weight is 297 g/mol. The van der Waals surface area contributed by atoms with Crippen LogP contribution in [0.25, 0.3) is 0 Å². The van der Waals surface area contributed by atoms with Gasteiger partial charge in [-0.3, -0.25) is 0 Å². The van der Waals surface area contributed by atoms with E-state index in [1.165, 1.54) is 0 Å². The molecule has 3 nitrogen and oxygen atoms in total. The zero-order valence-electron chi connectivity index (χ0n) is 6.16. The Kier molecular flexibility index (Phi) is 3.80. The lowest BCUT2D eigenvalue weighted by Crippen LogP contribution is -1.91. The summed E-state index contributed by atoms with van der Waals surface area (Å²) in [5.41, 5.74) is 1.67. The van der Waals surface area contributed by atoms with Gasteiger partial charge in [0.1, 0.15) is 10.7 Å². The smallest absolute Gasteiger partial charge is 0.144 e. The average Bonchev–Trinajstić information content (AvgIpc) is 2.04. The molecule has 1 aromatic carbocycles. The second-order valence-corrected chi connectivity index (χ2v) is 3.76. The van der Waals surface area contributed by atoms with Crippen molar-refractivity contribution in [2.45, 2.75) is 5.75 Å². The Morgan fingerprint density at radius 3 is 2.58 bits per heavy atom. The Hall–Kier alpha value is -0.300. The van der Waals surface area contributed by atoms with Crippen molar-refractivity contribution in [3.05, 3.63) is 29.8 Å². The summed E-state index contributed by atoms with van der Waals surface area (Å²) in [5, 5.41) is 0. The Bertz CT molecular complexity index is 330. The molecule has 1 aromatic rings. The lowest BCUT2D eigenvalue weighted by atomic mass is 10.2. The molecule has 12 heavy (non-hydrogen) atoms. The van der Waals surface area contributed by atoms with Gasteiger partial charge in [-0.05, 0) is 11.6 Å². The molecule has 0 amide bonds. The van der Waals surface area contributed by atoms with Gasteiger partial charge in [0.15, 0.2) is 0 Å². The third-order valence-corrected chi connectivity index (χ3v) is 2.60. The molecule has 0 fully saturated rings. The van der Waals surface area contributed by atoms with Crippen molar-refractivity contribution in [1.29, 1.82) is 0 Å². The first-order valence-electron chi connectivity index (χ1n) is 3.30. The number of hydrogen-bond acceptors (Lipinski definition) is 3. The van der Waals surface area contributed by atoms with Gasteiger partial charge in [0.25, 0.3) is 0 Å². The highest BCUT2D eigenvalue weighted by Crippen LogP contribution is 2.16. The van der Waals surface area contributed by atoms with Crippen LogP contribution in [0, 0.1) is 0 Å². The highest BCUT2D eigenvalue weighted by molar-refractivity contribution is 14.1. The van der Waals surface area contributed by atoms with Crippen molar-refractivity contribution in [2.75, 3.05) is 3.53 Å². The normalized spacial score (nSPS) is 10.2. The molecular formula is C7H8INO2S. The minimum Gasteiger partial charge on any atom is -0.328 e. The van der Waals surface area contributed by atoms with E-state index in [9.17, 15) is 8.42 Å². The highest BCUT2D eigenvalue weighted by Gasteiger charge is 1.99. The number of halogens is 1. The molecule has 0 atom stereocenters. The fourth-order valence-corrected chi connectivity index (χ4v) is 1.97. The lowest BCUT2D eigenvalue weighted by molar-refractivity contribution is 0.614. The molecule has 0 unspecified atom stereocenters. The van der Waals surface area contributed by atoms with E-state index in [0.29, 0.717) is 0 Å². The van der Waals surface area contributed by atoms with Gasteiger partial charge in [0.05, 0.1) is 28.6 Å². The quantitative estimate of drug-likeness (QED) is 0.505. The second kappa shape index (κ2) is 4.66. The number of benzene rings is 1. The Morgan fingerprint density at radius 1 is 1.33 bits per heavy atom. The molecule has 0 aliphatic carbocycles. The van der Waals surface area contributed by atoms with Crippen molar-refractivity contribution < 1.29 is 8.42 Å². The zero-order valence-corrected chi connectivity index (χ0v) is 9.21. The van der Waals surface area contributed by atoms with Gasteiger partial charge in [0, 0.05) is 5.69 Å². The molecule has 0 aliphatic heterocycles. The molecule has 66 valence electrons. The number of anilines is 1. The summed E-state index contributed by atoms with van der Waals surface area (Å²) in [7, 11) is -2.34. The van der Waals surface area contributed by atoms with Crippen LogP contribution in [0.3, 0.4) is 0 Å². The van der Waals surface area contributed by atoms with Gasteiger partial charge in [-0.25, -0.2) is 8.42 Å². The van der Waals surface area contributed by atoms with Crippen LogP contribution in [0.5, 0.6) is 0 Å². The number of hydrogen-bond donors (Lipinski definition) is 2. The van der Waals surface area contributed by atoms with Crippen molar-refractivity contribution in [2.24, 2.45) is 0 Å². The van der Waals surface area contributed by atoms with Gasteiger partial charge < -0.3 is 3.53 Å². The number of thiol groups is 1. The van der Waals surface area contributed by atoms with Crippen LogP contribution in [0.2, 0.25) is 0 Å². The fraction of sp³-hybridized carbons (Fsp3) is 0.143. The van der Waals surface area contributed by atoms with E-state index in [0.717, 1.165) is 11.3 Å². The SMILES string of the molecule is O=[SH](=O)Cc1ccccc1NI. The topological polar surface area (TPSA) is 46.2 Å². The summed E-state index contributed by atoms with van der Waals surface area (Å²) in [5.74, 6) is 0.0987. The first kappa shape index (κ1) is 9.79. The van der Waals surface area contributed by atoms with E-state index in [-0.39, 0.29) is 5.75 Å². The molecule has 0 radical (unpaired) electrons. The zero-order chi connectivity index (χ0) is 8.97. The largest absolute Gasteiger partial charge is 0.328 e. The summed E-state index contributed by atoms with van der Waals surface area (Å²) < 4.78 is 23.8. The van der Waals surface area contributed by atoms with E-state index in [1.54, 1.807) is 6.07 Å². The molecule has 0 bridgehead atoms. The van der Waals surface area contributed by atoms with Crippen molar-refractivity contribution in [3.8, 4) is 0 Å². The number of nitrogens with one attached hydrogen (secondary N) is 1. The first-order chi connectivity index (χ1) is 5.74. The van der Waals surface area contributed by atoms with Crippen LogP contribution in [-0.4, -0.2) is 8.42 Å². The maximum absolute atomic E-state index is 10.4. The monoisotopic (exact) mass is 297 g/mol. The van der Waals surface area contributed by atoms with Crippen LogP contribution in [-0.2, 0) is 16.5 Å². The predicted octanol–water partition coefficient (Wildman–Crippen LogP) is 1.56. The van der Waals surface area contributed by atoms with E-state index >= 15 is 0 Å². The molecule has 0 spiro atoms. The molecule has 1 rings (SSSR count). The summed E-state index contributed by atoms with van der Waals surface area (Å²) in [6, 6.07) is 7.33. The van der Waals surface area contributed by atoms with Crippen LogP contribution < -0.4 is 3.53 Å². The summed E-state index contributed by atoms with van der Waals surface area (Å²) in [6.07, 6.45) is 0. The third-order valence-electron chi connectivity index (χ3n) is 1.42. The van der Waals surface area contributed by atoms with Crippen molar-refractivity contribution in [1.82, 2.24) is 0 Å². The fourth-order valence-electron chi connectivity index (χ4n) is 0.889. The van der Waals surface area contributed by atoms with Gasteiger partial charge in [0.2, 0.25) is 0 Å². The van der Waals surface area contributed by atoms with Gasteiger partial charge in [-0.15, -0.1) is 0 Å². The summed E-state index contributed by atoms with van der Waals surface area (Å²) in [6.45, 7) is 0. The molecule has 0 aromatic heterocycles. The summed E-state index contributed by atoms with van der Waals surface area (Å²) >= 11 is 1.98. The van der Waals surface area contributed by atoms with E-state index in [1.807, 2.05) is 41.1 Å². The minimum atomic E-state index is -2.34. The molecule has 0 heterocycles. The molecule has 1 N–H and O–H groups in total. The number of rotatable bonds is 3. The van der Waals surface area contributed by atoms with E-state index in [2.05, 4.69) is 3.53 Å². The highest BCUT2D eigenvalue weighted by atomic mass is 127. The van der Waals surface area contributed by atoms with Gasteiger partial charge in [-0.2, -0.15) is 0 Å². The first-order valence-corrected chi connectivity index (χ1v) is 5.74. The van der Waals surface area contributed by atoms with E-state index < -0.39 is 10.7 Å². The Balaban J connectivity index is 2.96. The van der Waals surface area contributed by atoms with Crippen LogP contribution in [0.4, 0.5) is 5.69 Å². The maximum atomic E-state index is 10.4. The number of para-hydroxylation sites is 1. The van der Waals surface area contributed by atoms with Crippen molar-refractivity contribution >= 4 is 39.3 Å². The molecule has 0 saturated carbocycles. The lowest BCUT2D eigenvalue weighted by Gasteiger charge is -2.02. The van der Waals surface area contributed by atoms with E-state index in [4.69, 9.17) is 0 Å². The maximum Gasteiger partial charge on any atom is 0.144 e. The van der Waals surface area contributed by atoms with Crippen LogP contribution in [0.1, 0.15) is 5.56 Å². The minimum absolute atomic E-state index is 0.0987. The molecule has 0 saturated heterocycles. The molecular weight excluding hydrogens is 289 g/mol. The van der Waals surface area contributed by atoms with Gasteiger partial charge >= 0.3 is 0 Å². The molecule has 0 aliphatic rings. The molecule has 5 heteroatoms. The van der Waals surface area contributed by atoms with Crippen LogP contribution >= 0.6 is 22.9 Å². The van der Waals surface area contributed by atoms with Gasteiger partial charge in [-0.1, -0.05) is 18.2 Å². The predicted molar refractivity (Wildman–Crippen MR) is 58.1 cm³/mol. The third kappa shape index (κ3) is 2.63.